The van der Waals surface area contributed by atoms with Gasteiger partial charge in [0.05, 0.1) is 6.61 Å². The van der Waals surface area contributed by atoms with Crippen molar-refractivity contribution in [2.24, 2.45) is 0 Å². The fourth-order valence-electron chi connectivity index (χ4n) is 2.41. The molecule has 2 rings (SSSR count). The van der Waals surface area contributed by atoms with Gasteiger partial charge in [0.1, 0.15) is 0 Å². The predicted molar refractivity (Wildman–Crippen MR) is 69.8 cm³/mol. The third-order valence-electron chi connectivity index (χ3n) is 3.32. The molecule has 2 N–H and O–H groups in total. The summed E-state index contributed by atoms with van der Waals surface area (Å²) >= 11 is 0. The summed E-state index contributed by atoms with van der Waals surface area (Å²) in [5.41, 5.74) is 1.38. The molecule has 17 heavy (non-hydrogen) atoms. The van der Waals surface area contributed by atoms with Crippen LogP contribution in [-0.2, 0) is 6.54 Å². The first-order valence-electron chi connectivity index (χ1n) is 6.41. The van der Waals surface area contributed by atoms with Crippen LogP contribution in [0.3, 0.4) is 0 Å². The van der Waals surface area contributed by atoms with Gasteiger partial charge in [-0.3, -0.25) is 4.90 Å². The van der Waals surface area contributed by atoms with Gasteiger partial charge in [0.15, 0.2) is 0 Å². The van der Waals surface area contributed by atoms with Crippen molar-refractivity contribution in [1.82, 2.24) is 10.2 Å². The topological polar surface area (TPSA) is 35.5 Å². The molecule has 0 amide bonds. The first-order chi connectivity index (χ1) is 8.28. The van der Waals surface area contributed by atoms with E-state index in [2.05, 4.69) is 40.5 Å². The van der Waals surface area contributed by atoms with Gasteiger partial charge in [0.25, 0.3) is 0 Å². The van der Waals surface area contributed by atoms with Gasteiger partial charge < -0.3 is 10.4 Å². The molecular formula is C14H22N2O. The molecule has 1 aromatic carbocycles. The number of likely N-dealkylation sites (tertiary alicyclic amines) is 1. The van der Waals surface area contributed by atoms with Crippen molar-refractivity contribution in [1.29, 1.82) is 0 Å². The lowest BCUT2D eigenvalue weighted by Crippen LogP contribution is -2.40. The predicted octanol–water partition coefficient (Wildman–Crippen LogP) is 1.23. The molecule has 3 heteroatoms. The SMILES string of the molecule is C[C@H](CO)NC1CCN(Cc2ccccc2)C1. The van der Waals surface area contributed by atoms with Crippen molar-refractivity contribution in [3.05, 3.63) is 35.9 Å². The number of rotatable bonds is 5. The standard InChI is InChI=1S/C14H22N2O/c1-12(11-17)15-14-7-8-16(10-14)9-13-5-3-2-4-6-13/h2-6,12,14-15,17H,7-11H2,1H3/t12-,14?/m1/s1. The van der Waals surface area contributed by atoms with Crippen LogP contribution in [0.1, 0.15) is 18.9 Å². The molecule has 1 aliphatic heterocycles. The van der Waals surface area contributed by atoms with Crippen molar-refractivity contribution in [2.45, 2.75) is 32.0 Å². The molecule has 0 aromatic heterocycles. The number of nitrogens with zero attached hydrogens (tertiary/aromatic N) is 1. The van der Waals surface area contributed by atoms with Gasteiger partial charge in [0, 0.05) is 31.7 Å². The smallest absolute Gasteiger partial charge is 0.0582 e. The van der Waals surface area contributed by atoms with Gasteiger partial charge in [-0.15, -0.1) is 0 Å². The van der Waals surface area contributed by atoms with Crippen LogP contribution in [0.5, 0.6) is 0 Å². The maximum absolute atomic E-state index is 9.02. The third-order valence-corrected chi connectivity index (χ3v) is 3.32. The van der Waals surface area contributed by atoms with Gasteiger partial charge in [0.2, 0.25) is 0 Å². The Bertz CT molecular complexity index is 328. The summed E-state index contributed by atoms with van der Waals surface area (Å²) in [6.07, 6.45) is 1.18. The molecule has 1 aliphatic rings. The van der Waals surface area contributed by atoms with Crippen LogP contribution >= 0.6 is 0 Å². The van der Waals surface area contributed by atoms with E-state index in [1.165, 1.54) is 12.0 Å². The minimum atomic E-state index is 0.205. The summed E-state index contributed by atoms with van der Waals surface area (Å²) in [7, 11) is 0. The van der Waals surface area contributed by atoms with Gasteiger partial charge in [-0.1, -0.05) is 30.3 Å². The monoisotopic (exact) mass is 234 g/mol. The average molecular weight is 234 g/mol. The van der Waals surface area contributed by atoms with Crippen molar-refractivity contribution in [3.8, 4) is 0 Å². The maximum Gasteiger partial charge on any atom is 0.0582 e. The largest absolute Gasteiger partial charge is 0.395 e. The van der Waals surface area contributed by atoms with E-state index in [9.17, 15) is 0 Å². The Balaban J connectivity index is 1.78. The molecule has 0 spiro atoms. The molecular weight excluding hydrogens is 212 g/mol. The van der Waals surface area contributed by atoms with Crippen LogP contribution in [0.4, 0.5) is 0 Å². The molecule has 1 saturated heterocycles. The zero-order valence-electron chi connectivity index (χ0n) is 10.5. The first kappa shape index (κ1) is 12.6. The molecule has 0 aliphatic carbocycles. The summed E-state index contributed by atoms with van der Waals surface area (Å²) in [5, 5.41) is 12.5. The lowest BCUT2D eigenvalue weighted by Gasteiger charge is -2.19. The second-order valence-electron chi connectivity index (χ2n) is 4.96. The lowest BCUT2D eigenvalue weighted by molar-refractivity contribution is 0.237. The fourth-order valence-corrected chi connectivity index (χ4v) is 2.41. The first-order valence-corrected chi connectivity index (χ1v) is 6.41. The van der Waals surface area contributed by atoms with Crippen molar-refractivity contribution < 1.29 is 5.11 Å². The quantitative estimate of drug-likeness (QED) is 0.804. The van der Waals surface area contributed by atoms with Crippen LogP contribution in [0.25, 0.3) is 0 Å². The zero-order chi connectivity index (χ0) is 12.1. The number of aliphatic hydroxyl groups excluding tert-OH is 1. The molecule has 0 bridgehead atoms. The minimum Gasteiger partial charge on any atom is -0.395 e. The Labute approximate surface area is 103 Å². The highest BCUT2D eigenvalue weighted by Gasteiger charge is 2.22. The average Bonchev–Trinajstić information content (AvgIpc) is 2.77. The molecule has 2 atom stereocenters. The van der Waals surface area contributed by atoms with Crippen LogP contribution in [0.2, 0.25) is 0 Å². The van der Waals surface area contributed by atoms with E-state index in [-0.39, 0.29) is 12.6 Å². The number of benzene rings is 1. The molecule has 3 nitrogen and oxygen atoms in total. The molecule has 1 heterocycles. The van der Waals surface area contributed by atoms with E-state index in [1.807, 2.05) is 6.92 Å². The minimum absolute atomic E-state index is 0.205. The Hall–Kier alpha value is -0.900. The summed E-state index contributed by atoms with van der Waals surface area (Å²) < 4.78 is 0. The van der Waals surface area contributed by atoms with E-state index < -0.39 is 0 Å². The summed E-state index contributed by atoms with van der Waals surface area (Å²) in [6, 6.07) is 11.3. The highest BCUT2D eigenvalue weighted by molar-refractivity contribution is 5.14. The molecule has 0 saturated carbocycles. The number of hydrogen-bond acceptors (Lipinski definition) is 3. The second-order valence-corrected chi connectivity index (χ2v) is 4.96. The number of hydrogen-bond donors (Lipinski definition) is 2. The van der Waals surface area contributed by atoms with Gasteiger partial charge >= 0.3 is 0 Å². The van der Waals surface area contributed by atoms with E-state index in [0.29, 0.717) is 6.04 Å². The Kier molecular flexibility index (Phi) is 4.54. The summed E-state index contributed by atoms with van der Waals surface area (Å²) in [5.74, 6) is 0. The van der Waals surface area contributed by atoms with Gasteiger partial charge in [-0.25, -0.2) is 0 Å². The second kappa shape index (κ2) is 6.15. The van der Waals surface area contributed by atoms with E-state index in [1.54, 1.807) is 0 Å². The molecule has 0 radical (unpaired) electrons. The molecule has 1 unspecified atom stereocenters. The maximum atomic E-state index is 9.02. The van der Waals surface area contributed by atoms with Gasteiger partial charge in [-0.2, -0.15) is 0 Å². The van der Waals surface area contributed by atoms with Gasteiger partial charge in [-0.05, 0) is 18.9 Å². The normalized spacial score (nSPS) is 22.8. The van der Waals surface area contributed by atoms with Crippen molar-refractivity contribution in [3.63, 3.8) is 0 Å². The van der Waals surface area contributed by atoms with Crippen LogP contribution < -0.4 is 5.32 Å². The number of aliphatic hydroxyl groups is 1. The summed E-state index contributed by atoms with van der Waals surface area (Å²) in [4.78, 5) is 2.47. The van der Waals surface area contributed by atoms with E-state index in [4.69, 9.17) is 5.11 Å². The van der Waals surface area contributed by atoms with Crippen LogP contribution in [0.15, 0.2) is 30.3 Å². The van der Waals surface area contributed by atoms with E-state index in [0.717, 1.165) is 19.6 Å². The van der Waals surface area contributed by atoms with Crippen molar-refractivity contribution >= 4 is 0 Å². The zero-order valence-corrected chi connectivity index (χ0v) is 10.5. The number of nitrogens with one attached hydrogen (secondary N) is 1. The lowest BCUT2D eigenvalue weighted by atomic mass is 10.2. The third kappa shape index (κ3) is 3.80. The van der Waals surface area contributed by atoms with Crippen LogP contribution in [0, 0.1) is 0 Å². The Morgan fingerprint density at radius 3 is 2.88 bits per heavy atom. The fraction of sp³-hybridized carbons (Fsp3) is 0.571. The van der Waals surface area contributed by atoms with E-state index >= 15 is 0 Å². The molecule has 1 aromatic rings. The van der Waals surface area contributed by atoms with Crippen LogP contribution in [-0.4, -0.2) is 41.8 Å². The summed E-state index contributed by atoms with van der Waals surface area (Å²) in [6.45, 7) is 5.51. The highest BCUT2D eigenvalue weighted by Crippen LogP contribution is 2.13. The van der Waals surface area contributed by atoms with Crippen molar-refractivity contribution in [2.75, 3.05) is 19.7 Å². The highest BCUT2D eigenvalue weighted by atomic mass is 16.3. The Morgan fingerprint density at radius 1 is 1.41 bits per heavy atom. The Morgan fingerprint density at radius 2 is 2.18 bits per heavy atom. The molecule has 94 valence electrons. The molecule has 1 fully saturated rings.